The predicted molar refractivity (Wildman–Crippen MR) is 95.2 cm³/mol. The van der Waals surface area contributed by atoms with Crippen LogP contribution in [0.2, 0.25) is 0 Å². The van der Waals surface area contributed by atoms with Crippen molar-refractivity contribution in [2.24, 2.45) is 5.92 Å². The Hall–Kier alpha value is -1.08. The van der Waals surface area contributed by atoms with E-state index in [1.807, 2.05) is 48.4 Å². The van der Waals surface area contributed by atoms with Gasteiger partial charge in [0.2, 0.25) is 0 Å². The van der Waals surface area contributed by atoms with Gasteiger partial charge in [-0.1, -0.05) is 6.92 Å². The average Bonchev–Trinajstić information content (AvgIpc) is 2.53. The molecule has 1 fully saturated rings. The fraction of sp³-hybridized carbons (Fsp3) is 0.438. The molecular weight excluding hydrogens is 377 g/mol. The molecule has 0 aliphatic carbocycles. The fourth-order valence-corrected chi connectivity index (χ4v) is 3.58. The van der Waals surface area contributed by atoms with Crippen LogP contribution in [-0.4, -0.2) is 31.2 Å². The van der Waals surface area contributed by atoms with Crippen LogP contribution in [0.15, 0.2) is 30.5 Å². The van der Waals surface area contributed by atoms with Crippen LogP contribution < -0.4 is 13.3 Å². The number of fused-ring (bicyclic) bond motifs is 1. The monoisotopic (exact) mass is 397 g/mol. The van der Waals surface area contributed by atoms with Crippen molar-refractivity contribution < 1.29 is 3.07 Å². The van der Waals surface area contributed by atoms with Crippen LogP contribution in [0.5, 0.6) is 5.75 Å². The molecule has 0 saturated carbocycles. The molecule has 1 aromatic heterocycles. The zero-order valence-corrected chi connectivity index (χ0v) is 14.5. The second-order valence-corrected chi connectivity index (χ2v) is 6.23. The topological polar surface area (TPSA) is 37.4 Å². The SMILES string of the molecule is CN[C@@H]1C[C@H](C)CN(c2ccc(OI)c3ncccc23)C1. The summed E-state index contributed by atoms with van der Waals surface area (Å²) in [5.74, 6) is 1.51. The van der Waals surface area contributed by atoms with E-state index in [9.17, 15) is 0 Å². The largest absolute Gasteiger partial charge is 0.425 e. The minimum absolute atomic E-state index is 0.543. The number of pyridine rings is 1. The van der Waals surface area contributed by atoms with Gasteiger partial charge in [0.15, 0.2) is 28.8 Å². The molecule has 1 aliphatic heterocycles. The number of anilines is 1. The number of rotatable bonds is 3. The van der Waals surface area contributed by atoms with E-state index in [1.165, 1.54) is 12.1 Å². The molecule has 0 spiro atoms. The standard InChI is InChI=1S/C16H20IN3O/c1-11-8-12(18-2)10-20(9-11)14-5-6-15(21-17)16-13(14)4-3-7-19-16/h3-7,11-12,18H,8-10H2,1-2H3/t11-,12+/m0/s1. The molecule has 2 heterocycles. The highest BCUT2D eigenvalue weighted by molar-refractivity contribution is 14.1. The molecule has 2 atom stereocenters. The van der Waals surface area contributed by atoms with Crippen LogP contribution in [0.25, 0.3) is 10.9 Å². The molecule has 3 rings (SSSR count). The van der Waals surface area contributed by atoms with E-state index in [0.717, 1.165) is 29.7 Å². The molecule has 21 heavy (non-hydrogen) atoms. The number of hydrogen-bond acceptors (Lipinski definition) is 4. The maximum Gasteiger partial charge on any atom is 0.192 e. The highest BCUT2D eigenvalue weighted by Gasteiger charge is 2.25. The highest BCUT2D eigenvalue weighted by Crippen LogP contribution is 2.34. The molecular formula is C16H20IN3O. The number of nitrogens with one attached hydrogen (secondary N) is 1. The lowest BCUT2D eigenvalue weighted by Gasteiger charge is -2.38. The minimum Gasteiger partial charge on any atom is -0.425 e. The van der Waals surface area contributed by atoms with Crippen LogP contribution >= 0.6 is 23.0 Å². The van der Waals surface area contributed by atoms with Crippen molar-refractivity contribution in [1.29, 1.82) is 0 Å². The Morgan fingerprint density at radius 3 is 2.95 bits per heavy atom. The number of nitrogens with zero attached hydrogens (tertiary/aromatic N) is 2. The van der Waals surface area contributed by atoms with Crippen molar-refractivity contribution in [1.82, 2.24) is 10.3 Å². The zero-order valence-electron chi connectivity index (χ0n) is 12.3. The molecule has 2 aromatic rings. The summed E-state index contributed by atoms with van der Waals surface area (Å²) < 4.78 is 5.41. The lowest BCUT2D eigenvalue weighted by Crippen LogP contribution is -2.47. The molecule has 4 nitrogen and oxygen atoms in total. The number of halogens is 1. The third-order valence-electron chi connectivity index (χ3n) is 4.20. The summed E-state index contributed by atoms with van der Waals surface area (Å²) in [6.07, 6.45) is 3.05. The first-order valence-corrected chi connectivity index (χ1v) is 8.19. The number of piperidine rings is 1. The first-order valence-electron chi connectivity index (χ1n) is 7.31. The Balaban J connectivity index is 2.04. The van der Waals surface area contributed by atoms with Crippen molar-refractivity contribution in [3.63, 3.8) is 0 Å². The van der Waals surface area contributed by atoms with E-state index in [0.29, 0.717) is 12.0 Å². The summed E-state index contributed by atoms with van der Waals surface area (Å²) in [6.45, 7) is 4.45. The smallest absolute Gasteiger partial charge is 0.192 e. The van der Waals surface area contributed by atoms with Crippen molar-refractivity contribution in [2.45, 2.75) is 19.4 Å². The van der Waals surface area contributed by atoms with Gasteiger partial charge in [-0.25, -0.2) is 0 Å². The van der Waals surface area contributed by atoms with Gasteiger partial charge in [-0.05, 0) is 43.7 Å². The van der Waals surface area contributed by atoms with Crippen LogP contribution in [0.4, 0.5) is 5.69 Å². The van der Waals surface area contributed by atoms with E-state index in [4.69, 9.17) is 3.07 Å². The number of benzene rings is 1. The second-order valence-electron chi connectivity index (χ2n) is 5.79. The number of hydrogen-bond donors (Lipinski definition) is 1. The molecule has 1 aromatic carbocycles. The Morgan fingerprint density at radius 2 is 2.19 bits per heavy atom. The van der Waals surface area contributed by atoms with E-state index >= 15 is 0 Å². The maximum absolute atomic E-state index is 5.41. The van der Waals surface area contributed by atoms with Crippen LogP contribution in [0, 0.1) is 5.92 Å². The predicted octanol–water partition coefficient (Wildman–Crippen LogP) is 3.40. The molecule has 112 valence electrons. The van der Waals surface area contributed by atoms with Crippen LogP contribution in [0.1, 0.15) is 13.3 Å². The van der Waals surface area contributed by atoms with Crippen LogP contribution in [0.3, 0.4) is 0 Å². The number of aromatic nitrogens is 1. The summed E-state index contributed by atoms with van der Waals surface area (Å²) >= 11 is 1.92. The van der Waals surface area contributed by atoms with Crippen molar-refractivity contribution in [3.05, 3.63) is 30.5 Å². The Kier molecular flexibility index (Phi) is 4.49. The van der Waals surface area contributed by atoms with E-state index in [2.05, 4.69) is 34.3 Å². The van der Waals surface area contributed by atoms with E-state index < -0.39 is 0 Å². The lowest BCUT2D eigenvalue weighted by molar-refractivity contribution is 0.367. The first kappa shape index (κ1) is 14.8. The van der Waals surface area contributed by atoms with Gasteiger partial charge in [0.25, 0.3) is 0 Å². The Bertz CT molecular complexity index is 634. The highest BCUT2D eigenvalue weighted by atomic mass is 127. The maximum atomic E-state index is 5.41. The van der Waals surface area contributed by atoms with Gasteiger partial charge in [0.05, 0.1) is 0 Å². The molecule has 1 N–H and O–H groups in total. The second kappa shape index (κ2) is 6.36. The lowest BCUT2D eigenvalue weighted by atomic mass is 9.95. The molecule has 0 bridgehead atoms. The molecule has 0 unspecified atom stereocenters. The van der Waals surface area contributed by atoms with E-state index in [-0.39, 0.29) is 0 Å². The summed E-state index contributed by atoms with van der Waals surface area (Å²) in [7, 11) is 2.05. The van der Waals surface area contributed by atoms with Crippen molar-refractivity contribution in [3.8, 4) is 5.75 Å². The molecule has 1 saturated heterocycles. The van der Waals surface area contributed by atoms with Crippen molar-refractivity contribution >= 4 is 39.6 Å². The van der Waals surface area contributed by atoms with Crippen LogP contribution in [-0.2, 0) is 0 Å². The molecule has 0 radical (unpaired) electrons. The summed E-state index contributed by atoms with van der Waals surface area (Å²) in [5.41, 5.74) is 2.19. The Morgan fingerprint density at radius 1 is 1.33 bits per heavy atom. The molecule has 1 aliphatic rings. The normalized spacial score (nSPS) is 22.5. The van der Waals surface area contributed by atoms with E-state index in [1.54, 1.807) is 0 Å². The van der Waals surface area contributed by atoms with Gasteiger partial charge in [-0.15, -0.1) is 0 Å². The first-order chi connectivity index (χ1) is 10.2. The van der Waals surface area contributed by atoms with Gasteiger partial charge in [-0.2, -0.15) is 0 Å². The van der Waals surface area contributed by atoms with Gasteiger partial charge >= 0.3 is 0 Å². The van der Waals surface area contributed by atoms with Gasteiger partial charge < -0.3 is 13.3 Å². The fourth-order valence-electron chi connectivity index (χ4n) is 3.23. The average molecular weight is 397 g/mol. The van der Waals surface area contributed by atoms with Gasteiger partial charge in [0, 0.05) is 36.4 Å². The van der Waals surface area contributed by atoms with Gasteiger partial charge in [-0.3, -0.25) is 4.98 Å². The third-order valence-corrected chi connectivity index (χ3v) is 4.68. The quantitative estimate of drug-likeness (QED) is 0.806. The number of likely N-dealkylation sites (N-methyl/N-ethyl adjacent to an activating group) is 1. The summed E-state index contributed by atoms with van der Waals surface area (Å²) in [5, 5.41) is 4.58. The molecule has 5 heteroatoms. The zero-order chi connectivity index (χ0) is 14.8. The summed E-state index contributed by atoms with van der Waals surface area (Å²) in [6, 6.07) is 8.84. The van der Waals surface area contributed by atoms with Gasteiger partial charge in [0.1, 0.15) is 5.52 Å². The third kappa shape index (κ3) is 2.94. The van der Waals surface area contributed by atoms with Crippen molar-refractivity contribution in [2.75, 3.05) is 25.0 Å². The molecule has 0 amide bonds. The summed E-state index contributed by atoms with van der Waals surface area (Å²) in [4.78, 5) is 6.96. The minimum atomic E-state index is 0.543. The Labute approximate surface area is 139 Å².